The number of rotatable bonds is 17. The summed E-state index contributed by atoms with van der Waals surface area (Å²) in [6, 6.07) is 0. The van der Waals surface area contributed by atoms with E-state index in [9.17, 15) is 15.3 Å². The molecule has 0 bridgehead atoms. The molecule has 0 aliphatic rings. The molecule has 0 heterocycles. The van der Waals surface area contributed by atoms with Crippen LogP contribution < -0.4 is 0 Å². The first-order valence-electron chi connectivity index (χ1n) is 10.4. The molecule has 0 aromatic heterocycles. The van der Waals surface area contributed by atoms with E-state index in [1.807, 2.05) is 13.8 Å². The molecule has 3 atom stereocenters. The third kappa shape index (κ3) is 12.2. The van der Waals surface area contributed by atoms with Crippen molar-refractivity contribution in [2.24, 2.45) is 0 Å². The summed E-state index contributed by atoms with van der Waals surface area (Å²) in [5, 5.41) is 30.7. The lowest BCUT2D eigenvalue weighted by Crippen LogP contribution is -2.47. The van der Waals surface area contributed by atoms with Crippen LogP contribution in [0, 0.1) is 0 Å². The van der Waals surface area contributed by atoms with Gasteiger partial charge < -0.3 is 15.3 Å². The summed E-state index contributed by atoms with van der Waals surface area (Å²) >= 11 is 0. The van der Waals surface area contributed by atoms with E-state index < -0.39 is 18.6 Å². The number of hydrogen-bond acceptors (Lipinski definition) is 4. The van der Waals surface area contributed by atoms with Crippen LogP contribution in [0.2, 0.25) is 0 Å². The Morgan fingerprint density at radius 3 is 1.50 bits per heavy atom. The van der Waals surface area contributed by atoms with Gasteiger partial charge in [0.15, 0.2) is 0 Å². The molecule has 0 rings (SSSR count). The first kappa shape index (κ1) is 23.8. The van der Waals surface area contributed by atoms with E-state index in [0.717, 1.165) is 32.1 Å². The molecule has 0 fully saturated rings. The highest BCUT2D eigenvalue weighted by molar-refractivity contribution is 4.70. The molecule has 3 unspecified atom stereocenters. The Bertz CT molecular complexity index is 251. The van der Waals surface area contributed by atoms with E-state index in [-0.39, 0.29) is 0 Å². The van der Waals surface area contributed by atoms with E-state index in [4.69, 9.17) is 0 Å². The minimum atomic E-state index is -0.662. The molecule has 4 nitrogen and oxygen atoms in total. The van der Waals surface area contributed by atoms with Gasteiger partial charge in [-0.15, -0.1) is 0 Å². The van der Waals surface area contributed by atoms with Gasteiger partial charge in [-0.25, -0.2) is 0 Å². The Kier molecular flexibility index (Phi) is 16.2. The fraction of sp³-hybridized carbons (Fsp3) is 1.00. The van der Waals surface area contributed by atoms with Crippen molar-refractivity contribution in [3.8, 4) is 0 Å². The monoisotopic (exact) mass is 345 g/mol. The largest absolute Gasteiger partial charge is 0.392 e. The molecular weight excluding hydrogens is 302 g/mol. The highest BCUT2D eigenvalue weighted by Crippen LogP contribution is 2.15. The standard InChI is InChI=1S/C20H43NO3/c1-4-7-8-9-10-11-12-13-16-18(22)17-21(19(23)14-5-2)20(24)15-6-3/h18-20,22-24H,4-17H2,1-3H3. The van der Waals surface area contributed by atoms with Crippen molar-refractivity contribution >= 4 is 0 Å². The smallest absolute Gasteiger partial charge is 0.109 e. The van der Waals surface area contributed by atoms with Crippen molar-refractivity contribution in [2.45, 2.75) is 123 Å². The number of aliphatic hydroxyl groups excluding tert-OH is 3. The van der Waals surface area contributed by atoms with E-state index >= 15 is 0 Å². The zero-order chi connectivity index (χ0) is 18.2. The second-order valence-corrected chi connectivity index (χ2v) is 7.15. The summed E-state index contributed by atoms with van der Waals surface area (Å²) in [5.41, 5.74) is 0. The van der Waals surface area contributed by atoms with Crippen LogP contribution >= 0.6 is 0 Å². The van der Waals surface area contributed by atoms with Crippen molar-refractivity contribution in [3.63, 3.8) is 0 Å². The predicted octanol–water partition coefficient (Wildman–Crippen LogP) is 4.42. The van der Waals surface area contributed by atoms with Gasteiger partial charge in [-0.2, -0.15) is 0 Å². The van der Waals surface area contributed by atoms with Gasteiger partial charge >= 0.3 is 0 Å². The van der Waals surface area contributed by atoms with Crippen molar-refractivity contribution in [3.05, 3.63) is 0 Å². The van der Waals surface area contributed by atoms with Crippen molar-refractivity contribution in [1.82, 2.24) is 4.90 Å². The lowest BCUT2D eigenvalue weighted by molar-refractivity contribution is -0.122. The first-order chi connectivity index (χ1) is 11.6. The van der Waals surface area contributed by atoms with E-state index in [1.54, 1.807) is 4.90 Å². The quantitative estimate of drug-likeness (QED) is 0.270. The summed E-state index contributed by atoms with van der Waals surface area (Å²) in [6.07, 6.45) is 12.0. The van der Waals surface area contributed by atoms with Crippen LogP contribution in [-0.4, -0.2) is 45.3 Å². The molecule has 0 aromatic rings. The molecule has 0 saturated carbocycles. The highest BCUT2D eigenvalue weighted by atomic mass is 16.3. The molecule has 0 amide bonds. The summed E-state index contributed by atoms with van der Waals surface area (Å²) in [5.74, 6) is 0. The molecule has 24 heavy (non-hydrogen) atoms. The third-order valence-electron chi connectivity index (χ3n) is 4.67. The number of hydrogen-bond donors (Lipinski definition) is 3. The Morgan fingerprint density at radius 1 is 0.583 bits per heavy atom. The topological polar surface area (TPSA) is 63.9 Å². The zero-order valence-electron chi connectivity index (χ0n) is 16.4. The number of aliphatic hydroxyl groups is 3. The van der Waals surface area contributed by atoms with Gasteiger partial charge in [-0.05, 0) is 19.3 Å². The summed E-state index contributed by atoms with van der Waals surface area (Å²) in [6.45, 7) is 6.63. The highest BCUT2D eigenvalue weighted by Gasteiger charge is 2.24. The summed E-state index contributed by atoms with van der Waals surface area (Å²) in [4.78, 5) is 1.67. The first-order valence-corrected chi connectivity index (χ1v) is 10.4. The average molecular weight is 346 g/mol. The predicted molar refractivity (Wildman–Crippen MR) is 102 cm³/mol. The maximum Gasteiger partial charge on any atom is 0.109 e. The molecule has 0 radical (unpaired) electrons. The van der Waals surface area contributed by atoms with E-state index in [1.165, 1.54) is 38.5 Å². The summed E-state index contributed by atoms with van der Waals surface area (Å²) < 4.78 is 0. The molecule has 4 heteroatoms. The molecule has 146 valence electrons. The number of unbranched alkanes of at least 4 members (excludes halogenated alkanes) is 7. The van der Waals surface area contributed by atoms with Crippen LogP contribution in [0.5, 0.6) is 0 Å². The van der Waals surface area contributed by atoms with Crippen LogP contribution in [0.15, 0.2) is 0 Å². The molecule has 0 aromatic carbocycles. The van der Waals surface area contributed by atoms with Crippen molar-refractivity contribution in [1.29, 1.82) is 0 Å². The molecular formula is C20H43NO3. The van der Waals surface area contributed by atoms with E-state index in [0.29, 0.717) is 19.4 Å². The lowest BCUT2D eigenvalue weighted by atomic mass is 10.0. The van der Waals surface area contributed by atoms with E-state index in [2.05, 4.69) is 6.92 Å². The SMILES string of the molecule is CCCCCCCCCCC(O)CN(C(O)CCC)C(O)CCC. The van der Waals surface area contributed by atoms with Gasteiger partial charge in [-0.1, -0.05) is 85.0 Å². The third-order valence-corrected chi connectivity index (χ3v) is 4.67. The lowest BCUT2D eigenvalue weighted by Gasteiger charge is -2.33. The molecule has 0 saturated heterocycles. The average Bonchev–Trinajstić information content (AvgIpc) is 2.55. The Morgan fingerprint density at radius 2 is 1.04 bits per heavy atom. The second-order valence-electron chi connectivity index (χ2n) is 7.15. The van der Waals surface area contributed by atoms with Crippen LogP contribution in [0.4, 0.5) is 0 Å². The maximum atomic E-state index is 10.3. The minimum Gasteiger partial charge on any atom is -0.392 e. The molecule has 0 spiro atoms. The van der Waals surface area contributed by atoms with Gasteiger partial charge in [-0.3, -0.25) is 4.90 Å². The fourth-order valence-electron chi connectivity index (χ4n) is 3.14. The minimum absolute atomic E-state index is 0.360. The Balaban J connectivity index is 3.98. The maximum absolute atomic E-state index is 10.3. The van der Waals surface area contributed by atoms with Crippen LogP contribution in [0.25, 0.3) is 0 Å². The molecule has 3 N–H and O–H groups in total. The second kappa shape index (κ2) is 16.3. The van der Waals surface area contributed by atoms with Crippen LogP contribution in [0.1, 0.15) is 104 Å². The molecule has 0 aliphatic heterocycles. The normalized spacial score (nSPS) is 15.6. The Hall–Kier alpha value is -0.160. The van der Waals surface area contributed by atoms with Gasteiger partial charge in [0.1, 0.15) is 12.5 Å². The van der Waals surface area contributed by atoms with Gasteiger partial charge in [0, 0.05) is 6.54 Å². The zero-order valence-corrected chi connectivity index (χ0v) is 16.4. The number of nitrogens with zero attached hydrogens (tertiary/aromatic N) is 1. The van der Waals surface area contributed by atoms with Gasteiger partial charge in [0.25, 0.3) is 0 Å². The van der Waals surface area contributed by atoms with Crippen molar-refractivity contribution in [2.75, 3.05) is 6.54 Å². The van der Waals surface area contributed by atoms with Gasteiger partial charge in [0.05, 0.1) is 6.10 Å². The Labute approximate surface area is 150 Å². The van der Waals surface area contributed by atoms with Crippen LogP contribution in [-0.2, 0) is 0 Å². The van der Waals surface area contributed by atoms with Crippen LogP contribution in [0.3, 0.4) is 0 Å². The fourth-order valence-corrected chi connectivity index (χ4v) is 3.14. The summed E-state index contributed by atoms with van der Waals surface area (Å²) in [7, 11) is 0. The molecule has 0 aliphatic carbocycles. The van der Waals surface area contributed by atoms with Gasteiger partial charge in [0.2, 0.25) is 0 Å². The van der Waals surface area contributed by atoms with Crippen molar-refractivity contribution < 1.29 is 15.3 Å².